The summed E-state index contributed by atoms with van der Waals surface area (Å²) >= 11 is 0. The van der Waals surface area contributed by atoms with Crippen molar-refractivity contribution in [1.82, 2.24) is 10.1 Å². The van der Waals surface area contributed by atoms with E-state index in [0.29, 0.717) is 11.5 Å². The van der Waals surface area contributed by atoms with E-state index < -0.39 is 26.4 Å². The molecule has 0 aliphatic carbocycles. The number of aryl methyl sites for hydroxylation is 2. The summed E-state index contributed by atoms with van der Waals surface area (Å²) in [6, 6.07) is 3.12. The van der Waals surface area contributed by atoms with Crippen molar-refractivity contribution in [3.63, 3.8) is 0 Å². The van der Waals surface area contributed by atoms with E-state index in [4.69, 9.17) is 4.52 Å². The number of carbonyl (C=O) groups excluding carboxylic acids is 1. The Kier molecular flexibility index (Phi) is 4.93. The number of hydrogen-bond donors (Lipinski definition) is 0. The minimum Gasteiger partial charge on any atom is -0.361 e. The van der Waals surface area contributed by atoms with Gasteiger partial charge >= 0.3 is 0 Å². The molecule has 0 atom stereocenters. The van der Waals surface area contributed by atoms with E-state index in [2.05, 4.69) is 5.16 Å². The summed E-state index contributed by atoms with van der Waals surface area (Å²) in [6.07, 6.45) is 0.924. The zero-order valence-electron chi connectivity index (χ0n) is 14.1. The highest BCUT2D eigenvalue weighted by molar-refractivity contribution is 7.90. The van der Waals surface area contributed by atoms with Crippen LogP contribution in [0.2, 0.25) is 0 Å². The van der Waals surface area contributed by atoms with Gasteiger partial charge in [-0.25, -0.2) is 8.42 Å². The minimum absolute atomic E-state index is 0.0797. The Hall–Kier alpha value is -2.75. The summed E-state index contributed by atoms with van der Waals surface area (Å²) in [6.45, 7) is 3.62. The van der Waals surface area contributed by atoms with Crippen LogP contribution in [0.15, 0.2) is 27.6 Å². The van der Waals surface area contributed by atoms with Crippen molar-refractivity contribution in [1.29, 1.82) is 0 Å². The summed E-state index contributed by atoms with van der Waals surface area (Å²) in [7, 11) is -2.20. The molecule has 10 heteroatoms. The first kappa shape index (κ1) is 18.6. The van der Waals surface area contributed by atoms with Crippen LogP contribution in [0.4, 0.5) is 5.69 Å². The zero-order valence-corrected chi connectivity index (χ0v) is 15.0. The molecular formula is C15H17N3O6S. The van der Waals surface area contributed by atoms with Crippen LogP contribution >= 0.6 is 0 Å². The van der Waals surface area contributed by atoms with E-state index in [1.54, 1.807) is 13.8 Å². The molecule has 0 aliphatic heterocycles. The summed E-state index contributed by atoms with van der Waals surface area (Å²) in [5.74, 6) is 0.0154. The number of amides is 1. The number of rotatable bonds is 5. The molecule has 0 saturated carbocycles. The number of benzene rings is 1. The van der Waals surface area contributed by atoms with Gasteiger partial charge in [-0.05, 0) is 19.9 Å². The van der Waals surface area contributed by atoms with Crippen molar-refractivity contribution < 1.29 is 22.7 Å². The molecule has 1 aromatic carbocycles. The summed E-state index contributed by atoms with van der Waals surface area (Å²) < 4.78 is 28.5. The number of aromatic nitrogens is 1. The Morgan fingerprint density at radius 3 is 2.44 bits per heavy atom. The van der Waals surface area contributed by atoms with Crippen molar-refractivity contribution in [3.05, 3.63) is 50.9 Å². The molecule has 0 spiro atoms. The number of hydrogen-bond acceptors (Lipinski definition) is 7. The molecule has 9 nitrogen and oxygen atoms in total. The van der Waals surface area contributed by atoms with Crippen molar-refractivity contribution >= 4 is 21.4 Å². The molecule has 0 aliphatic rings. The van der Waals surface area contributed by atoms with Crippen LogP contribution in [-0.2, 0) is 16.4 Å². The van der Waals surface area contributed by atoms with Crippen LogP contribution in [0.3, 0.4) is 0 Å². The Morgan fingerprint density at radius 1 is 1.32 bits per heavy atom. The second kappa shape index (κ2) is 6.63. The lowest BCUT2D eigenvalue weighted by Crippen LogP contribution is -2.27. The molecule has 2 rings (SSSR count). The van der Waals surface area contributed by atoms with Crippen molar-refractivity contribution in [2.75, 3.05) is 13.3 Å². The van der Waals surface area contributed by atoms with Gasteiger partial charge in [0.05, 0.1) is 22.1 Å². The third kappa shape index (κ3) is 4.02. The average molecular weight is 367 g/mol. The third-order valence-corrected chi connectivity index (χ3v) is 4.79. The van der Waals surface area contributed by atoms with Gasteiger partial charge in [-0.15, -0.1) is 0 Å². The van der Waals surface area contributed by atoms with Crippen LogP contribution in [0, 0.1) is 24.0 Å². The summed E-state index contributed by atoms with van der Waals surface area (Å²) in [4.78, 5) is 23.9. The lowest BCUT2D eigenvalue weighted by Gasteiger charge is -2.17. The first-order valence-electron chi connectivity index (χ1n) is 7.17. The van der Waals surface area contributed by atoms with Gasteiger partial charge in [0, 0.05) is 36.6 Å². The molecule has 0 N–H and O–H groups in total. The van der Waals surface area contributed by atoms with Gasteiger partial charge in [0.15, 0.2) is 9.84 Å². The SMILES string of the molecule is Cc1noc(C)c1CN(C)C(=O)c1cc([N+](=O)[O-])cc(S(C)(=O)=O)c1. The van der Waals surface area contributed by atoms with Crippen LogP contribution in [-0.4, -0.2) is 42.6 Å². The molecule has 1 aromatic heterocycles. The number of non-ortho nitro benzene ring substituents is 1. The predicted molar refractivity (Wildman–Crippen MR) is 88.0 cm³/mol. The highest BCUT2D eigenvalue weighted by Gasteiger charge is 2.22. The van der Waals surface area contributed by atoms with Gasteiger partial charge in [0.1, 0.15) is 5.76 Å². The van der Waals surface area contributed by atoms with E-state index >= 15 is 0 Å². The first-order valence-corrected chi connectivity index (χ1v) is 9.06. The molecule has 0 saturated heterocycles. The van der Waals surface area contributed by atoms with E-state index in [-0.39, 0.29) is 17.0 Å². The number of nitro benzene ring substituents is 1. The topological polar surface area (TPSA) is 124 Å². The smallest absolute Gasteiger partial charge is 0.271 e. The van der Waals surface area contributed by atoms with Gasteiger partial charge in [0.2, 0.25) is 0 Å². The fourth-order valence-electron chi connectivity index (χ4n) is 2.28. The highest BCUT2D eigenvalue weighted by Crippen LogP contribution is 2.23. The van der Waals surface area contributed by atoms with Crippen molar-refractivity contribution in [2.24, 2.45) is 0 Å². The quantitative estimate of drug-likeness (QED) is 0.583. The lowest BCUT2D eigenvalue weighted by molar-refractivity contribution is -0.385. The molecule has 25 heavy (non-hydrogen) atoms. The van der Waals surface area contributed by atoms with Crippen LogP contribution in [0.1, 0.15) is 27.4 Å². The lowest BCUT2D eigenvalue weighted by atomic mass is 10.1. The monoisotopic (exact) mass is 367 g/mol. The maximum absolute atomic E-state index is 12.6. The predicted octanol–water partition coefficient (Wildman–Crippen LogP) is 1.88. The fraction of sp³-hybridized carbons (Fsp3) is 0.333. The molecule has 0 bridgehead atoms. The van der Waals surface area contributed by atoms with Crippen LogP contribution < -0.4 is 0 Å². The van der Waals surface area contributed by atoms with E-state index in [1.807, 2.05) is 0 Å². The molecule has 0 fully saturated rings. The number of nitrogens with zero attached hydrogens (tertiary/aromatic N) is 3. The zero-order chi connectivity index (χ0) is 18.9. The molecule has 0 radical (unpaired) electrons. The Bertz CT molecular complexity index is 929. The largest absolute Gasteiger partial charge is 0.361 e. The maximum Gasteiger partial charge on any atom is 0.271 e. The van der Waals surface area contributed by atoms with Gasteiger partial charge in [0.25, 0.3) is 11.6 Å². The molecule has 134 valence electrons. The number of sulfone groups is 1. The second-order valence-corrected chi connectivity index (χ2v) is 7.72. The Morgan fingerprint density at radius 2 is 1.96 bits per heavy atom. The number of carbonyl (C=O) groups is 1. The Labute approximate surface area is 144 Å². The second-order valence-electron chi connectivity index (χ2n) is 5.71. The molecule has 0 unspecified atom stereocenters. The van der Waals surface area contributed by atoms with Gasteiger partial charge in [-0.1, -0.05) is 5.16 Å². The molecule has 1 heterocycles. The van der Waals surface area contributed by atoms with Crippen molar-refractivity contribution in [2.45, 2.75) is 25.3 Å². The minimum atomic E-state index is -3.70. The average Bonchev–Trinajstić information content (AvgIpc) is 2.84. The standard InChI is InChI=1S/C15H17N3O6S/c1-9-14(10(2)24-16-9)8-17(3)15(19)11-5-12(18(20)21)7-13(6-11)25(4,22)23/h5-7H,8H2,1-4H3. The summed E-state index contributed by atoms with van der Waals surface area (Å²) in [5.41, 5.74) is 0.818. The normalized spacial score (nSPS) is 11.4. The van der Waals surface area contributed by atoms with E-state index in [0.717, 1.165) is 30.0 Å². The van der Waals surface area contributed by atoms with E-state index in [1.165, 1.54) is 11.9 Å². The molecular weight excluding hydrogens is 350 g/mol. The summed E-state index contributed by atoms with van der Waals surface area (Å²) in [5, 5.41) is 14.8. The molecule has 1 amide bonds. The van der Waals surface area contributed by atoms with Gasteiger partial charge in [-0.3, -0.25) is 14.9 Å². The van der Waals surface area contributed by atoms with Crippen LogP contribution in [0.5, 0.6) is 0 Å². The maximum atomic E-state index is 12.6. The van der Waals surface area contributed by atoms with Gasteiger partial charge < -0.3 is 9.42 Å². The van der Waals surface area contributed by atoms with Crippen molar-refractivity contribution in [3.8, 4) is 0 Å². The first-order chi connectivity index (χ1) is 11.5. The van der Waals surface area contributed by atoms with E-state index in [9.17, 15) is 23.3 Å². The molecule has 2 aromatic rings. The highest BCUT2D eigenvalue weighted by atomic mass is 32.2. The Balaban J connectivity index is 2.41. The van der Waals surface area contributed by atoms with Gasteiger partial charge in [-0.2, -0.15) is 0 Å². The number of nitro groups is 1. The third-order valence-electron chi connectivity index (χ3n) is 3.70. The fourth-order valence-corrected chi connectivity index (χ4v) is 2.96. The van der Waals surface area contributed by atoms with Crippen LogP contribution in [0.25, 0.3) is 0 Å².